The number of aromatic nitrogens is 4. The summed E-state index contributed by atoms with van der Waals surface area (Å²) in [6.45, 7) is 1.81. The number of hydrogen-bond donors (Lipinski definition) is 2. The third-order valence-corrected chi connectivity index (χ3v) is 6.48. The standard InChI is InChI=1S/C21H25FN6/c22-16-7-8-17(25-19(16)18-15-6-3-11-24-20(15)27-26-18)28-12-4-5-14(13-28)21(23)9-1-2-10-21/h3,6-8,11,14H,1-2,4-5,9-10,12-13,23H2,(H,24,26,27). The molecule has 4 heterocycles. The fourth-order valence-corrected chi connectivity index (χ4v) is 4.91. The molecule has 1 saturated heterocycles. The minimum atomic E-state index is -0.374. The molecular formula is C21H25FN6. The highest BCUT2D eigenvalue weighted by atomic mass is 19.1. The molecule has 3 aromatic heterocycles. The van der Waals surface area contributed by atoms with Crippen LogP contribution in [0, 0.1) is 11.7 Å². The highest BCUT2D eigenvalue weighted by Crippen LogP contribution is 2.39. The van der Waals surface area contributed by atoms with Crippen LogP contribution in [0.2, 0.25) is 0 Å². The van der Waals surface area contributed by atoms with Gasteiger partial charge in [-0.3, -0.25) is 5.10 Å². The number of hydrogen-bond acceptors (Lipinski definition) is 5. The topological polar surface area (TPSA) is 83.7 Å². The van der Waals surface area contributed by atoms with Crippen molar-refractivity contribution in [3.05, 3.63) is 36.3 Å². The fourth-order valence-electron chi connectivity index (χ4n) is 4.91. The average molecular weight is 380 g/mol. The summed E-state index contributed by atoms with van der Waals surface area (Å²) in [4.78, 5) is 11.2. The number of nitrogens with zero attached hydrogens (tertiary/aromatic N) is 4. The molecule has 0 spiro atoms. The van der Waals surface area contributed by atoms with Gasteiger partial charge >= 0.3 is 0 Å². The van der Waals surface area contributed by atoms with Gasteiger partial charge in [-0.2, -0.15) is 5.10 Å². The van der Waals surface area contributed by atoms with Gasteiger partial charge < -0.3 is 10.6 Å². The number of nitrogens with two attached hydrogens (primary N) is 1. The molecule has 1 aliphatic carbocycles. The summed E-state index contributed by atoms with van der Waals surface area (Å²) in [6, 6.07) is 6.96. The van der Waals surface area contributed by atoms with E-state index >= 15 is 0 Å². The third-order valence-electron chi connectivity index (χ3n) is 6.48. The maximum atomic E-state index is 14.6. The van der Waals surface area contributed by atoms with Crippen molar-refractivity contribution in [3.63, 3.8) is 0 Å². The highest BCUT2D eigenvalue weighted by molar-refractivity contribution is 5.89. The average Bonchev–Trinajstić information content (AvgIpc) is 3.36. The molecule has 0 aromatic carbocycles. The second-order valence-corrected chi connectivity index (χ2v) is 8.20. The predicted octanol–water partition coefficient (Wildman–Crippen LogP) is 3.65. The maximum Gasteiger partial charge on any atom is 0.155 e. The smallest absolute Gasteiger partial charge is 0.155 e. The highest BCUT2D eigenvalue weighted by Gasteiger charge is 2.39. The van der Waals surface area contributed by atoms with Gasteiger partial charge in [-0.05, 0) is 55.9 Å². The van der Waals surface area contributed by atoms with Crippen LogP contribution in [0.4, 0.5) is 10.2 Å². The zero-order valence-corrected chi connectivity index (χ0v) is 15.9. The van der Waals surface area contributed by atoms with E-state index in [0.717, 1.165) is 50.0 Å². The first-order valence-corrected chi connectivity index (χ1v) is 10.1. The van der Waals surface area contributed by atoms with Crippen LogP contribution in [-0.4, -0.2) is 38.8 Å². The number of nitrogens with one attached hydrogen (secondary N) is 1. The zero-order valence-electron chi connectivity index (χ0n) is 15.9. The summed E-state index contributed by atoms with van der Waals surface area (Å²) >= 11 is 0. The van der Waals surface area contributed by atoms with E-state index in [1.54, 1.807) is 12.3 Å². The molecule has 6 nitrogen and oxygen atoms in total. The molecule has 3 aromatic rings. The molecule has 3 N–H and O–H groups in total. The third kappa shape index (κ3) is 2.94. The van der Waals surface area contributed by atoms with Crippen molar-refractivity contribution < 1.29 is 4.39 Å². The zero-order chi connectivity index (χ0) is 19.1. The van der Waals surface area contributed by atoms with E-state index in [2.05, 4.69) is 25.1 Å². The van der Waals surface area contributed by atoms with E-state index < -0.39 is 0 Å². The normalized spacial score (nSPS) is 22.1. The van der Waals surface area contributed by atoms with Crippen LogP contribution in [0.25, 0.3) is 22.4 Å². The summed E-state index contributed by atoms with van der Waals surface area (Å²) in [5.41, 5.74) is 8.09. The lowest BCUT2D eigenvalue weighted by Crippen LogP contribution is -2.52. The van der Waals surface area contributed by atoms with Crippen molar-refractivity contribution in [2.24, 2.45) is 11.7 Å². The minimum absolute atomic E-state index is 0.0500. The number of aromatic amines is 1. The molecule has 28 heavy (non-hydrogen) atoms. The summed E-state index contributed by atoms with van der Waals surface area (Å²) in [6.07, 6.45) is 8.62. The Kier molecular flexibility index (Phi) is 4.27. The molecule has 1 unspecified atom stereocenters. The largest absolute Gasteiger partial charge is 0.356 e. The number of anilines is 1. The van der Waals surface area contributed by atoms with Gasteiger partial charge in [0.05, 0.1) is 0 Å². The van der Waals surface area contributed by atoms with Crippen molar-refractivity contribution in [2.75, 3.05) is 18.0 Å². The Morgan fingerprint density at radius 1 is 1.14 bits per heavy atom. The lowest BCUT2D eigenvalue weighted by Gasteiger charge is -2.42. The predicted molar refractivity (Wildman–Crippen MR) is 107 cm³/mol. The second kappa shape index (κ2) is 6.81. The van der Waals surface area contributed by atoms with Gasteiger partial charge in [-0.1, -0.05) is 12.8 Å². The Hall–Kier alpha value is -2.54. The van der Waals surface area contributed by atoms with Crippen molar-refractivity contribution in [3.8, 4) is 11.4 Å². The van der Waals surface area contributed by atoms with Crippen LogP contribution in [0.15, 0.2) is 30.5 Å². The first-order chi connectivity index (χ1) is 13.6. The second-order valence-electron chi connectivity index (χ2n) is 8.20. The first kappa shape index (κ1) is 17.6. The Morgan fingerprint density at radius 3 is 2.86 bits per heavy atom. The number of pyridine rings is 2. The molecule has 7 heteroatoms. The van der Waals surface area contributed by atoms with Gasteiger partial charge in [0.25, 0.3) is 0 Å². The van der Waals surface area contributed by atoms with Crippen LogP contribution >= 0.6 is 0 Å². The van der Waals surface area contributed by atoms with Gasteiger partial charge in [0.15, 0.2) is 11.5 Å². The van der Waals surface area contributed by atoms with Crippen molar-refractivity contribution >= 4 is 16.9 Å². The van der Waals surface area contributed by atoms with Crippen molar-refractivity contribution in [1.82, 2.24) is 20.2 Å². The SMILES string of the molecule is NC1(C2CCCN(c3ccc(F)c(-c4n[nH]c5ncccc45)n3)C2)CCCC1. The number of halogens is 1. The van der Waals surface area contributed by atoms with Crippen molar-refractivity contribution in [1.29, 1.82) is 0 Å². The number of rotatable bonds is 3. The molecule has 0 bridgehead atoms. The molecule has 0 amide bonds. The monoisotopic (exact) mass is 380 g/mol. The molecule has 2 aliphatic rings. The quantitative estimate of drug-likeness (QED) is 0.725. The molecule has 5 rings (SSSR count). The molecule has 2 fully saturated rings. The van der Waals surface area contributed by atoms with E-state index in [0.29, 0.717) is 17.3 Å². The number of piperidine rings is 1. The fraction of sp³-hybridized carbons (Fsp3) is 0.476. The van der Waals surface area contributed by atoms with Crippen LogP contribution < -0.4 is 10.6 Å². The molecule has 0 radical (unpaired) electrons. The summed E-state index contributed by atoms with van der Waals surface area (Å²) in [5.74, 6) is 0.887. The lowest BCUT2D eigenvalue weighted by atomic mass is 9.78. The molecule has 1 aliphatic heterocycles. The van der Waals surface area contributed by atoms with Crippen LogP contribution in [-0.2, 0) is 0 Å². The Labute approximate surface area is 163 Å². The summed E-state index contributed by atoms with van der Waals surface area (Å²) < 4.78 is 14.6. The van der Waals surface area contributed by atoms with Crippen LogP contribution in [0.5, 0.6) is 0 Å². The van der Waals surface area contributed by atoms with Gasteiger partial charge in [0, 0.05) is 30.2 Å². The summed E-state index contributed by atoms with van der Waals surface area (Å²) in [5, 5.41) is 7.91. The Balaban J connectivity index is 1.47. The Bertz CT molecular complexity index is 993. The molecule has 146 valence electrons. The van der Waals surface area contributed by atoms with Crippen molar-refractivity contribution in [2.45, 2.75) is 44.1 Å². The van der Waals surface area contributed by atoms with E-state index in [1.165, 1.54) is 18.9 Å². The lowest BCUT2D eigenvalue weighted by molar-refractivity contribution is 0.239. The number of H-pyrrole nitrogens is 1. The first-order valence-electron chi connectivity index (χ1n) is 10.1. The van der Waals surface area contributed by atoms with Gasteiger partial charge in [-0.15, -0.1) is 0 Å². The van der Waals surface area contributed by atoms with Crippen LogP contribution in [0.1, 0.15) is 38.5 Å². The minimum Gasteiger partial charge on any atom is -0.356 e. The maximum absolute atomic E-state index is 14.6. The van der Waals surface area contributed by atoms with Gasteiger partial charge in [0.2, 0.25) is 0 Å². The van der Waals surface area contributed by atoms with Gasteiger partial charge in [-0.25, -0.2) is 14.4 Å². The van der Waals surface area contributed by atoms with E-state index in [4.69, 9.17) is 5.73 Å². The number of fused-ring (bicyclic) bond motifs is 1. The molecule has 1 saturated carbocycles. The summed E-state index contributed by atoms with van der Waals surface area (Å²) in [7, 11) is 0. The molecular weight excluding hydrogens is 355 g/mol. The molecule has 1 atom stereocenters. The van der Waals surface area contributed by atoms with Crippen LogP contribution in [0.3, 0.4) is 0 Å². The Morgan fingerprint density at radius 2 is 2.00 bits per heavy atom. The van der Waals surface area contributed by atoms with E-state index in [9.17, 15) is 4.39 Å². The van der Waals surface area contributed by atoms with E-state index in [1.807, 2.05) is 12.1 Å². The van der Waals surface area contributed by atoms with E-state index in [-0.39, 0.29) is 17.1 Å². The van der Waals surface area contributed by atoms with Gasteiger partial charge in [0.1, 0.15) is 17.2 Å².